The van der Waals surface area contributed by atoms with E-state index in [2.05, 4.69) is 22.9 Å². The highest BCUT2D eigenvalue weighted by Gasteiger charge is 2.07. The Morgan fingerprint density at radius 1 is 1.25 bits per heavy atom. The molecule has 3 N–H and O–H groups in total. The summed E-state index contributed by atoms with van der Waals surface area (Å²) in [5.41, 5.74) is 2.90. The quantitative estimate of drug-likeness (QED) is 0.787. The van der Waals surface area contributed by atoms with E-state index < -0.39 is 0 Å². The molecule has 1 unspecified atom stereocenters. The zero-order valence-electron chi connectivity index (χ0n) is 11.2. The predicted molar refractivity (Wildman–Crippen MR) is 85.9 cm³/mol. The minimum Gasteiger partial charge on any atom is -0.378 e. The highest BCUT2D eigenvalue weighted by atomic mass is 35.5. The smallest absolute Gasteiger partial charge is 0.318 e. The monoisotopic (exact) mass is 309 g/mol. The summed E-state index contributed by atoms with van der Waals surface area (Å²) in [6.45, 7) is 2.08. The molecule has 0 radical (unpaired) electrons. The van der Waals surface area contributed by atoms with Crippen molar-refractivity contribution < 1.29 is 4.79 Å². The number of nitrogens with one attached hydrogen (secondary N) is 3. The van der Waals surface area contributed by atoms with Crippen molar-refractivity contribution in [3.05, 3.63) is 45.6 Å². The molecule has 1 heterocycles. The van der Waals surface area contributed by atoms with E-state index in [9.17, 15) is 4.79 Å². The maximum Gasteiger partial charge on any atom is 0.318 e. The number of urea groups is 1. The van der Waals surface area contributed by atoms with Crippen molar-refractivity contribution in [1.82, 2.24) is 5.32 Å². The molecule has 0 fully saturated rings. The molecule has 0 aliphatic carbocycles. The number of halogens is 1. The second kappa shape index (κ2) is 6.63. The lowest BCUT2D eigenvalue weighted by atomic mass is 10.1. The van der Waals surface area contributed by atoms with Gasteiger partial charge in [0.2, 0.25) is 0 Å². The molecule has 1 aromatic heterocycles. The van der Waals surface area contributed by atoms with Crippen LogP contribution in [-0.2, 0) is 0 Å². The van der Waals surface area contributed by atoms with E-state index in [4.69, 9.17) is 11.6 Å². The number of thiophene rings is 1. The Labute approximate surface area is 127 Å². The van der Waals surface area contributed by atoms with Crippen molar-refractivity contribution in [3.8, 4) is 0 Å². The SMILES string of the molecule is CNC(=O)Nc1ccc(NC(C)c2csc(Cl)c2)cc1. The van der Waals surface area contributed by atoms with Crippen LogP contribution in [0.1, 0.15) is 18.5 Å². The van der Waals surface area contributed by atoms with E-state index >= 15 is 0 Å². The lowest BCUT2D eigenvalue weighted by Gasteiger charge is -2.14. The van der Waals surface area contributed by atoms with Gasteiger partial charge in [0, 0.05) is 24.5 Å². The number of benzene rings is 1. The van der Waals surface area contributed by atoms with Crippen molar-refractivity contribution in [2.45, 2.75) is 13.0 Å². The van der Waals surface area contributed by atoms with Crippen LogP contribution in [-0.4, -0.2) is 13.1 Å². The zero-order valence-corrected chi connectivity index (χ0v) is 12.8. The predicted octanol–water partition coefficient (Wildman–Crippen LogP) is 4.33. The molecule has 0 aliphatic rings. The fourth-order valence-electron chi connectivity index (χ4n) is 1.73. The van der Waals surface area contributed by atoms with Gasteiger partial charge in [-0.15, -0.1) is 11.3 Å². The highest BCUT2D eigenvalue weighted by Crippen LogP contribution is 2.27. The Bertz CT molecular complexity index is 582. The van der Waals surface area contributed by atoms with Crippen LogP contribution in [0.25, 0.3) is 0 Å². The van der Waals surface area contributed by atoms with Crippen LogP contribution in [0.5, 0.6) is 0 Å². The van der Waals surface area contributed by atoms with Crippen LogP contribution >= 0.6 is 22.9 Å². The summed E-state index contributed by atoms with van der Waals surface area (Å²) in [4.78, 5) is 11.2. The van der Waals surface area contributed by atoms with Gasteiger partial charge in [-0.25, -0.2) is 4.79 Å². The molecule has 1 aromatic carbocycles. The van der Waals surface area contributed by atoms with E-state index in [0.29, 0.717) is 0 Å². The number of rotatable bonds is 4. The second-order valence-electron chi connectivity index (χ2n) is 4.33. The Morgan fingerprint density at radius 3 is 2.45 bits per heavy atom. The maximum absolute atomic E-state index is 11.2. The number of amides is 2. The van der Waals surface area contributed by atoms with Gasteiger partial charge in [0.15, 0.2) is 0 Å². The normalized spacial score (nSPS) is 11.8. The first-order valence-electron chi connectivity index (χ1n) is 6.18. The molecule has 0 aliphatic heterocycles. The fraction of sp³-hybridized carbons (Fsp3) is 0.214. The minimum absolute atomic E-state index is 0.177. The summed E-state index contributed by atoms with van der Waals surface area (Å²) in [5.74, 6) is 0. The molecule has 0 bridgehead atoms. The van der Waals surface area contributed by atoms with Gasteiger partial charge >= 0.3 is 6.03 Å². The molecule has 1 atom stereocenters. The molecular weight excluding hydrogens is 294 g/mol. The van der Waals surface area contributed by atoms with Gasteiger partial charge < -0.3 is 16.0 Å². The third kappa shape index (κ3) is 3.88. The van der Waals surface area contributed by atoms with Gasteiger partial charge in [-0.1, -0.05) is 11.6 Å². The average Bonchev–Trinajstić information content (AvgIpc) is 2.87. The number of hydrogen-bond donors (Lipinski definition) is 3. The summed E-state index contributed by atoms with van der Waals surface area (Å²) < 4.78 is 0.791. The van der Waals surface area contributed by atoms with E-state index in [-0.39, 0.29) is 12.1 Å². The van der Waals surface area contributed by atoms with Gasteiger partial charge in [0.25, 0.3) is 0 Å². The van der Waals surface area contributed by atoms with Gasteiger partial charge in [0.1, 0.15) is 0 Å². The molecule has 2 aromatic rings. The molecular formula is C14H16ClN3OS. The van der Waals surface area contributed by atoms with Crippen molar-refractivity contribution in [2.24, 2.45) is 0 Å². The van der Waals surface area contributed by atoms with Crippen LogP contribution in [0, 0.1) is 0 Å². The largest absolute Gasteiger partial charge is 0.378 e. The standard InChI is InChI=1S/C14H16ClN3OS/c1-9(10-7-13(15)20-8-10)17-11-3-5-12(6-4-11)18-14(19)16-2/h3-9,17H,1-2H3,(H2,16,18,19). The number of carbonyl (C=O) groups is 1. The van der Waals surface area contributed by atoms with E-state index in [1.54, 1.807) is 7.05 Å². The van der Waals surface area contributed by atoms with Crippen LogP contribution < -0.4 is 16.0 Å². The van der Waals surface area contributed by atoms with E-state index in [1.165, 1.54) is 11.3 Å². The van der Waals surface area contributed by atoms with Crippen LogP contribution in [0.3, 0.4) is 0 Å². The van der Waals surface area contributed by atoms with Crippen LogP contribution in [0.4, 0.5) is 16.2 Å². The number of anilines is 2. The highest BCUT2D eigenvalue weighted by molar-refractivity contribution is 7.14. The van der Waals surface area contributed by atoms with Crippen molar-refractivity contribution >= 4 is 40.3 Å². The zero-order chi connectivity index (χ0) is 14.5. The first-order valence-corrected chi connectivity index (χ1v) is 7.43. The van der Waals surface area contributed by atoms with Gasteiger partial charge in [-0.3, -0.25) is 0 Å². The fourth-order valence-corrected chi connectivity index (χ4v) is 2.71. The van der Waals surface area contributed by atoms with Crippen molar-refractivity contribution in [2.75, 3.05) is 17.7 Å². The van der Waals surface area contributed by atoms with E-state index in [0.717, 1.165) is 21.3 Å². The number of carbonyl (C=O) groups excluding carboxylic acids is 1. The van der Waals surface area contributed by atoms with Gasteiger partial charge in [-0.05, 0) is 48.2 Å². The maximum atomic E-state index is 11.2. The number of hydrogen-bond acceptors (Lipinski definition) is 3. The molecule has 2 rings (SSSR count). The molecule has 6 heteroatoms. The van der Waals surface area contributed by atoms with Crippen molar-refractivity contribution in [3.63, 3.8) is 0 Å². The van der Waals surface area contributed by atoms with Gasteiger partial charge in [0.05, 0.1) is 4.34 Å². The molecule has 0 saturated carbocycles. The summed E-state index contributed by atoms with van der Waals surface area (Å²) in [6, 6.07) is 9.47. The van der Waals surface area contributed by atoms with Crippen LogP contribution in [0.15, 0.2) is 35.7 Å². The Kier molecular flexibility index (Phi) is 4.87. The third-order valence-corrected chi connectivity index (χ3v) is 3.95. The summed E-state index contributed by atoms with van der Waals surface area (Å²) in [5, 5.41) is 10.6. The van der Waals surface area contributed by atoms with E-state index in [1.807, 2.05) is 35.7 Å². The second-order valence-corrected chi connectivity index (χ2v) is 5.87. The molecule has 2 amide bonds. The first kappa shape index (κ1) is 14.7. The molecule has 0 saturated heterocycles. The minimum atomic E-state index is -0.230. The average molecular weight is 310 g/mol. The topological polar surface area (TPSA) is 53.2 Å². The Balaban J connectivity index is 1.98. The first-order chi connectivity index (χ1) is 9.58. The molecule has 0 spiro atoms. The summed E-state index contributed by atoms with van der Waals surface area (Å²) in [6.07, 6.45) is 0. The van der Waals surface area contributed by atoms with Gasteiger partial charge in [-0.2, -0.15) is 0 Å². The molecule has 4 nitrogen and oxygen atoms in total. The Morgan fingerprint density at radius 2 is 1.90 bits per heavy atom. The lowest BCUT2D eigenvalue weighted by Crippen LogP contribution is -2.24. The summed E-state index contributed by atoms with van der Waals surface area (Å²) >= 11 is 7.46. The molecule has 20 heavy (non-hydrogen) atoms. The summed E-state index contributed by atoms with van der Waals surface area (Å²) in [7, 11) is 1.58. The third-order valence-electron chi connectivity index (χ3n) is 2.84. The van der Waals surface area contributed by atoms with Crippen molar-refractivity contribution in [1.29, 1.82) is 0 Å². The van der Waals surface area contributed by atoms with Crippen LogP contribution in [0.2, 0.25) is 4.34 Å². The Hall–Kier alpha value is -1.72. The lowest BCUT2D eigenvalue weighted by molar-refractivity contribution is 0.254. The molecule has 106 valence electrons.